The van der Waals surface area contributed by atoms with E-state index in [0.29, 0.717) is 13.2 Å². The molecule has 0 atom stereocenters. The summed E-state index contributed by atoms with van der Waals surface area (Å²) in [6, 6.07) is 11.8. The molecule has 1 amide bonds. The lowest BCUT2D eigenvalue weighted by atomic mass is 10.1. The van der Waals surface area contributed by atoms with E-state index in [1.165, 1.54) is 25.2 Å². The van der Waals surface area contributed by atoms with Crippen LogP contribution in [-0.2, 0) is 10.0 Å². The normalized spacial score (nSPS) is 11.2. The molecule has 6 nitrogen and oxygen atoms in total. The van der Waals surface area contributed by atoms with Gasteiger partial charge in [0.15, 0.2) is 0 Å². The molecule has 0 aliphatic carbocycles. The van der Waals surface area contributed by atoms with Gasteiger partial charge < -0.3 is 10.1 Å². The van der Waals surface area contributed by atoms with Crippen molar-refractivity contribution in [3.63, 3.8) is 0 Å². The Hall–Kier alpha value is -2.38. The molecule has 0 aromatic heterocycles. The molecule has 2 rings (SSSR count). The van der Waals surface area contributed by atoms with E-state index >= 15 is 0 Å². The van der Waals surface area contributed by atoms with Crippen LogP contribution in [-0.4, -0.2) is 34.5 Å². The zero-order valence-electron chi connectivity index (χ0n) is 14.5. The van der Waals surface area contributed by atoms with Gasteiger partial charge in [-0.05, 0) is 50.7 Å². The molecule has 0 radical (unpaired) electrons. The molecule has 0 unspecified atom stereocenters. The van der Waals surface area contributed by atoms with Gasteiger partial charge in [0.1, 0.15) is 12.4 Å². The van der Waals surface area contributed by atoms with E-state index in [0.717, 1.165) is 16.9 Å². The molecule has 2 aromatic rings. The first-order valence-electron chi connectivity index (χ1n) is 7.85. The Morgan fingerprint density at radius 2 is 1.88 bits per heavy atom. The second-order valence-corrected chi connectivity index (χ2v) is 7.50. The fourth-order valence-corrected chi connectivity index (χ4v) is 3.09. The van der Waals surface area contributed by atoms with Gasteiger partial charge in [0, 0.05) is 5.56 Å². The van der Waals surface area contributed by atoms with Crippen molar-refractivity contribution in [3.8, 4) is 5.75 Å². The van der Waals surface area contributed by atoms with Crippen LogP contribution < -0.4 is 14.8 Å². The summed E-state index contributed by atoms with van der Waals surface area (Å²) in [6.07, 6.45) is 0. The van der Waals surface area contributed by atoms with E-state index in [9.17, 15) is 13.2 Å². The van der Waals surface area contributed by atoms with Crippen LogP contribution in [0.1, 0.15) is 21.5 Å². The van der Waals surface area contributed by atoms with Gasteiger partial charge in [-0.3, -0.25) is 4.79 Å². The molecule has 2 N–H and O–H groups in total. The molecule has 0 heterocycles. The fourth-order valence-electron chi connectivity index (χ4n) is 2.31. The number of nitrogens with one attached hydrogen (secondary N) is 2. The van der Waals surface area contributed by atoms with Crippen LogP contribution in [0.5, 0.6) is 5.75 Å². The molecule has 0 saturated heterocycles. The molecule has 134 valence electrons. The topological polar surface area (TPSA) is 84.5 Å². The van der Waals surface area contributed by atoms with Crippen LogP contribution in [0, 0.1) is 13.8 Å². The van der Waals surface area contributed by atoms with Crippen LogP contribution >= 0.6 is 0 Å². The smallest absolute Gasteiger partial charge is 0.251 e. The number of carbonyl (C=O) groups is 1. The molecule has 7 heteroatoms. The lowest BCUT2D eigenvalue weighted by Crippen LogP contribution is -2.28. The summed E-state index contributed by atoms with van der Waals surface area (Å²) < 4.78 is 31.4. The highest BCUT2D eigenvalue weighted by Crippen LogP contribution is 2.18. The minimum absolute atomic E-state index is 0.0502. The molecular weight excluding hydrogens is 340 g/mol. The number of carbonyl (C=O) groups excluding carboxylic acids is 1. The Balaban J connectivity index is 1.91. The molecule has 0 aliphatic heterocycles. The van der Waals surface area contributed by atoms with Gasteiger partial charge >= 0.3 is 0 Å². The summed E-state index contributed by atoms with van der Waals surface area (Å²) in [6.45, 7) is 4.62. The largest absolute Gasteiger partial charge is 0.491 e. The minimum atomic E-state index is -3.58. The third-order valence-corrected chi connectivity index (χ3v) is 5.06. The second kappa shape index (κ2) is 8.13. The van der Waals surface area contributed by atoms with Crippen LogP contribution in [0.3, 0.4) is 0 Å². The summed E-state index contributed by atoms with van der Waals surface area (Å²) in [5, 5.41) is 2.72. The van der Waals surface area contributed by atoms with Gasteiger partial charge in [0.2, 0.25) is 10.0 Å². The highest BCUT2D eigenvalue weighted by molar-refractivity contribution is 7.89. The SMILES string of the molecule is CNS(=O)(=O)c1cccc(C(=O)NCCOc2ccc(C)cc2C)c1. The summed E-state index contributed by atoms with van der Waals surface area (Å²) in [4.78, 5) is 12.2. The van der Waals surface area contributed by atoms with E-state index < -0.39 is 10.0 Å². The molecular formula is C18H22N2O4S. The maximum atomic E-state index is 12.2. The zero-order chi connectivity index (χ0) is 18.4. The van der Waals surface area contributed by atoms with Crippen LogP contribution in [0.4, 0.5) is 0 Å². The van der Waals surface area contributed by atoms with Crippen molar-refractivity contribution < 1.29 is 17.9 Å². The van der Waals surface area contributed by atoms with E-state index in [1.54, 1.807) is 6.07 Å². The molecule has 0 aliphatic rings. The summed E-state index contributed by atoms with van der Waals surface area (Å²) in [5.74, 6) is 0.430. The van der Waals surface area contributed by atoms with Crippen LogP contribution in [0.2, 0.25) is 0 Å². The van der Waals surface area contributed by atoms with Crippen LogP contribution in [0.15, 0.2) is 47.4 Å². The first-order chi connectivity index (χ1) is 11.8. The number of hydrogen-bond acceptors (Lipinski definition) is 4. The lowest BCUT2D eigenvalue weighted by molar-refractivity contribution is 0.0946. The predicted molar refractivity (Wildman–Crippen MR) is 96.4 cm³/mol. The molecule has 25 heavy (non-hydrogen) atoms. The number of aryl methyl sites for hydroxylation is 2. The third kappa shape index (κ3) is 5.04. The number of sulfonamides is 1. The third-order valence-electron chi connectivity index (χ3n) is 3.65. The summed E-state index contributed by atoms with van der Waals surface area (Å²) in [5.41, 5.74) is 2.48. The highest BCUT2D eigenvalue weighted by atomic mass is 32.2. The first kappa shape index (κ1) is 19.0. The first-order valence-corrected chi connectivity index (χ1v) is 9.33. The Bertz CT molecular complexity index is 863. The Labute approximate surface area is 148 Å². The average molecular weight is 362 g/mol. The van der Waals surface area contributed by atoms with Crippen molar-refractivity contribution in [2.75, 3.05) is 20.2 Å². The molecule has 0 fully saturated rings. The second-order valence-electron chi connectivity index (χ2n) is 5.61. The van der Waals surface area contributed by atoms with Gasteiger partial charge in [-0.2, -0.15) is 0 Å². The van der Waals surface area contributed by atoms with E-state index in [-0.39, 0.29) is 16.4 Å². The monoisotopic (exact) mass is 362 g/mol. The summed E-state index contributed by atoms with van der Waals surface area (Å²) in [7, 11) is -2.25. The van der Waals surface area contributed by atoms with Gasteiger partial charge in [-0.1, -0.05) is 23.8 Å². The molecule has 0 saturated carbocycles. The van der Waals surface area contributed by atoms with Gasteiger partial charge in [-0.25, -0.2) is 13.1 Å². The molecule has 0 bridgehead atoms. The van der Waals surface area contributed by atoms with Crippen molar-refractivity contribution in [2.45, 2.75) is 18.7 Å². The van der Waals surface area contributed by atoms with Crippen molar-refractivity contribution in [3.05, 3.63) is 59.2 Å². The number of hydrogen-bond donors (Lipinski definition) is 2. The standard InChI is InChI=1S/C18H22N2O4S/c1-13-7-8-17(14(2)11-13)24-10-9-20-18(21)15-5-4-6-16(12-15)25(22,23)19-3/h4-8,11-12,19H,9-10H2,1-3H3,(H,20,21). The van der Waals surface area contributed by atoms with Crippen molar-refractivity contribution in [1.82, 2.24) is 10.0 Å². The fraction of sp³-hybridized carbons (Fsp3) is 0.278. The van der Waals surface area contributed by atoms with Gasteiger partial charge in [-0.15, -0.1) is 0 Å². The number of ether oxygens (including phenoxy) is 1. The van der Waals surface area contributed by atoms with Crippen LogP contribution in [0.25, 0.3) is 0 Å². The highest BCUT2D eigenvalue weighted by Gasteiger charge is 2.14. The van der Waals surface area contributed by atoms with Crippen molar-refractivity contribution in [2.24, 2.45) is 0 Å². The lowest BCUT2D eigenvalue weighted by Gasteiger charge is -2.11. The maximum absolute atomic E-state index is 12.2. The van der Waals surface area contributed by atoms with Gasteiger partial charge in [0.25, 0.3) is 5.91 Å². The molecule has 2 aromatic carbocycles. The van der Waals surface area contributed by atoms with Crippen molar-refractivity contribution in [1.29, 1.82) is 0 Å². The van der Waals surface area contributed by atoms with E-state index in [4.69, 9.17) is 4.74 Å². The Morgan fingerprint density at radius 1 is 1.12 bits per heavy atom. The van der Waals surface area contributed by atoms with Gasteiger partial charge in [0.05, 0.1) is 11.4 Å². The average Bonchev–Trinajstić information content (AvgIpc) is 2.60. The summed E-state index contributed by atoms with van der Waals surface area (Å²) >= 11 is 0. The van der Waals surface area contributed by atoms with E-state index in [2.05, 4.69) is 10.0 Å². The molecule has 0 spiro atoms. The van der Waals surface area contributed by atoms with Crippen molar-refractivity contribution >= 4 is 15.9 Å². The number of amides is 1. The Kier molecular flexibility index (Phi) is 6.17. The minimum Gasteiger partial charge on any atom is -0.491 e. The Morgan fingerprint density at radius 3 is 2.56 bits per heavy atom. The quantitative estimate of drug-likeness (QED) is 0.738. The predicted octanol–water partition coefficient (Wildman–Crippen LogP) is 2.02. The number of benzene rings is 2. The zero-order valence-corrected chi connectivity index (χ0v) is 15.3. The number of rotatable bonds is 7. The maximum Gasteiger partial charge on any atom is 0.251 e. The van der Waals surface area contributed by atoms with E-state index in [1.807, 2.05) is 32.0 Å².